The molecule has 0 heterocycles. The van der Waals surface area contributed by atoms with Gasteiger partial charge in [-0.15, -0.1) is 11.8 Å². The molecular weight excluding hydrogens is 304 g/mol. The van der Waals surface area contributed by atoms with Gasteiger partial charge in [0.05, 0.1) is 0 Å². The van der Waals surface area contributed by atoms with E-state index < -0.39 is 0 Å². The number of carbonyl (C=O) groups is 1. The van der Waals surface area contributed by atoms with Crippen molar-refractivity contribution in [3.8, 4) is 0 Å². The Hall–Kier alpha value is -1.65. The molecule has 1 amide bonds. The first-order valence-corrected chi connectivity index (χ1v) is 7.95. The Bertz CT molecular complexity index is 646. The maximum absolute atomic E-state index is 11.9. The average molecular weight is 321 g/mol. The lowest BCUT2D eigenvalue weighted by molar-refractivity contribution is -0.115. The lowest BCUT2D eigenvalue weighted by Gasteiger charge is -2.07. The minimum absolute atomic E-state index is 0.0159. The van der Waals surface area contributed by atoms with Crippen molar-refractivity contribution < 1.29 is 4.79 Å². The normalized spacial score (nSPS) is 10.4. The number of amides is 1. The van der Waals surface area contributed by atoms with Crippen LogP contribution in [0.5, 0.6) is 0 Å². The molecule has 3 N–H and O–H groups in total. The standard InChI is InChI=1S/C16H17ClN2OS/c1-11-9-13(18)5-6-15(11)21-8-7-16(20)19-14-4-2-3-12(17)10-14/h2-6,9-10H,7-8,18H2,1H3,(H,19,20). The Morgan fingerprint density at radius 1 is 1.29 bits per heavy atom. The number of rotatable bonds is 5. The van der Waals surface area contributed by atoms with Gasteiger partial charge >= 0.3 is 0 Å². The molecule has 0 aliphatic rings. The van der Waals surface area contributed by atoms with Crippen LogP contribution in [-0.4, -0.2) is 11.7 Å². The van der Waals surface area contributed by atoms with E-state index in [0.717, 1.165) is 27.6 Å². The molecule has 0 radical (unpaired) electrons. The highest BCUT2D eigenvalue weighted by Gasteiger charge is 2.05. The van der Waals surface area contributed by atoms with Crippen molar-refractivity contribution in [2.24, 2.45) is 0 Å². The summed E-state index contributed by atoms with van der Waals surface area (Å²) < 4.78 is 0. The molecule has 0 saturated heterocycles. The Morgan fingerprint density at radius 2 is 2.10 bits per heavy atom. The number of anilines is 2. The fraction of sp³-hybridized carbons (Fsp3) is 0.188. The monoisotopic (exact) mass is 320 g/mol. The van der Waals surface area contributed by atoms with E-state index in [0.29, 0.717) is 11.4 Å². The summed E-state index contributed by atoms with van der Waals surface area (Å²) in [5.41, 5.74) is 8.34. The maximum Gasteiger partial charge on any atom is 0.225 e. The Labute approximate surface area is 133 Å². The van der Waals surface area contributed by atoms with E-state index in [-0.39, 0.29) is 5.91 Å². The van der Waals surface area contributed by atoms with Crippen LogP contribution in [0, 0.1) is 6.92 Å². The van der Waals surface area contributed by atoms with Gasteiger partial charge in [-0.1, -0.05) is 17.7 Å². The van der Waals surface area contributed by atoms with Crippen molar-refractivity contribution in [1.82, 2.24) is 0 Å². The van der Waals surface area contributed by atoms with Gasteiger partial charge < -0.3 is 11.1 Å². The second kappa shape index (κ2) is 7.38. The Kier molecular flexibility index (Phi) is 5.53. The van der Waals surface area contributed by atoms with Crippen LogP contribution in [-0.2, 0) is 4.79 Å². The molecule has 0 aliphatic heterocycles. The van der Waals surface area contributed by atoms with Crippen molar-refractivity contribution in [3.63, 3.8) is 0 Å². The number of hydrogen-bond acceptors (Lipinski definition) is 3. The Balaban J connectivity index is 1.81. The van der Waals surface area contributed by atoms with E-state index in [4.69, 9.17) is 17.3 Å². The van der Waals surface area contributed by atoms with Gasteiger partial charge in [0.1, 0.15) is 0 Å². The van der Waals surface area contributed by atoms with Crippen LogP contribution in [0.25, 0.3) is 0 Å². The maximum atomic E-state index is 11.9. The van der Waals surface area contributed by atoms with Crippen LogP contribution in [0.15, 0.2) is 47.4 Å². The quantitative estimate of drug-likeness (QED) is 0.636. The van der Waals surface area contributed by atoms with Gasteiger partial charge in [0.2, 0.25) is 5.91 Å². The number of benzene rings is 2. The number of halogens is 1. The molecule has 0 aromatic heterocycles. The summed E-state index contributed by atoms with van der Waals surface area (Å²) in [7, 11) is 0. The Morgan fingerprint density at radius 3 is 2.81 bits per heavy atom. The largest absolute Gasteiger partial charge is 0.399 e. The number of carbonyl (C=O) groups excluding carboxylic acids is 1. The summed E-state index contributed by atoms with van der Waals surface area (Å²) >= 11 is 7.53. The zero-order valence-corrected chi connectivity index (χ0v) is 13.3. The predicted octanol–water partition coefficient (Wildman–Crippen LogP) is 4.35. The highest BCUT2D eigenvalue weighted by Crippen LogP contribution is 2.24. The van der Waals surface area contributed by atoms with Crippen molar-refractivity contribution in [1.29, 1.82) is 0 Å². The zero-order valence-electron chi connectivity index (χ0n) is 11.7. The van der Waals surface area contributed by atoms with E-state index in [9.17, 15) is 4.79 Å². The minimum Gasteiger partial charge on any atom is -0.399 e. The number of hydrogen-bond donors (Lipinski definition) is 2. The summed E-state index contributed by atoms with van der Waals surface area (Å²) in [6.07, 6.45) is 0.445. The number of nitrogens with two attached hydrogens (primary N) is 1. The smallest absolute Gasteiger partial charge is 0.225 e. The molecule has 0 bridgehead atoms. The van der Waals surface area contributed by atoms with Crippen molar-refractivity contribution >= 4 is 40.6 Å². The first-order chi connectivity index (χ1) is 10.0. The summed E-state index contributed by atoms with van der Waals surface area (Å²) in [5.74, 6) is 0.704. The van der Waals surface area contributed by atoms with E-state index in [1.165, 1.54) is 0 Å². The molecule has 0 aliphatic carbocycles. The molecule has 0 atom stereocenters. The molecule has 2 aromatic carbocycles. The van der Waals surface area contributed by atoms with Crippen LogP contribution in [0.3, 0.4) is 0 Å². The third-order valence-electron chi connectivity index (χ3n) is 2.89. The molecule has 0 spiro atoms. The predicted molar refractivity (Wildman–Crippen MR) is 91.0 cm³/mol. The van der Waals surface area contributed by atoms with Crippen LogP contribution in [0.2, 0.25) is 5.02 Å². The van der Waals surface area contributed by atoms with Gasteiger partial charge in [-0.2, -0.15) is 0 Å². The average Bonchev–Trinajstić information content (AvgIpc) is 2.41. The third kappa shape index (κ3) is 4.99. The minimum atomic E-state index is -0.0159. The van der Waals surface area contributed by atoms with E-state index in [1.807, 2.05) is 37.3 Å². The van der Waals surface area contributed by atoms with Crippen LogP contribution in [0.1, 0.15) is 12.0 Å². The second-order valence-electron chi connectivity index (χ2n) is 4.68. The van der Waals surface area contributed by atoms with Crippen LogP contribution >= 0.6 is 23.4 Å². The van der Waals surface area contributed by atoms with Gasteiger partial charge in [-0.3, -0.25) is 4.79 Å². The fourth-order valence-electron chi connectivity index (χ4n) is 1.88. The SMILES string of the molecule is Cc1cc(N)ccc1SCCC(=O)Nc1cccc(Cl)c1. The zero-order chi connectivity index (χ0) is 15.2. The molecule has 2 rings (SSSR count). The van der Waals surface area contributed by atoms with Crippen LogP contribution < -0.4 is 11.1 Å². The van der Waals surface area contributed by atoms with E-state index in [1.54, 1.807) is 23.9 Å². The molecule has 0 unspecified atom stereocenters. The highest BCUT2D eigenvalue weighted by molar-refractivity contribution is 7.99. The molecule has 110 valence electrons. The lowest BCUT2D eigenvalue weighted by atomic mass is 10.2. The molecule has 21 heavy (non-hydrogen) atoms. The lowest BCUT2D eigenvalue weighted by Crippen LogP contribution is -2.12. The topological polar surface area (TPSA) is 55.1 Å². The van der Waals surface area contributed by atoms with E-state index in [2.05, 4.69) is 5.32 Å². The first-order valence-electron chi connectivity index (χ1n) is 6.59. The molecule has 3 nitrogen and oxygen atoms in total. The summed E-state index contributed by atoms with van der Waals surface area (Å²) in [6, 6.07) is 12.9. The summed E-state index contributed by atoms with van der Waals surface area (Å²) in [5, 5.41) is 3.45. The molecule has 5 heteroatoms. The van der Waals surface area contributed by atoms with Crippen molar-refractivity contribution in [2.75, 3.05) is 16.8 Å². The van der Waals surface area contributed by atoms with Gasteiger partial charge in [0, 0.05) is 33.5 Å². The molecule has 0 fully saturated rings. The number of nitrogen functional groups attached to an aromatic ring is 1. The molecule has 0 saturated carbocycles. The number of nitrogens with one attached hydrogen (secondary N) is 1. The van der Waals surface area contributed by atoms with Gasteiger partial charge in [-0.05, 0) is 48.9 Å². The summed E-state index contributed by atoms with van der Waals surface area (Å²) in [4.78, 5) is 13.0. The van der Waals surface area contributed by atoms with Gasteiger partial charge in [0.15, 0.2) is 0 Å². The van der Waals surface area contributed by atoms with Gasteiger partial charge in [-0.25, -0.2) is 0 Å². The fourth-order valence-corrected chi connectivity index (χ4v) is 3.03. The van der Waals surface area contributed by atoms with E-state index >= 15 is 0 Å². The van der Waals surface area contributed by atoms with Crippen molar-refractivity contribution in [2.45, 2.75) is 18.2 Å². The highest BCUT2D eigenvalue weighted by atomic mass is 35.5. The van der Waals surface area contributed by atoms with Crippen molar-refractivity contribution in [3.05, 3.63) is 53.1 Å². The third-order valence-corrected chi connectivity index (χ3v) is 4.31. The van der Waals surface area contributed by atoms with Crippen LogP contribution in [0.4, 0.5) is 11.4 Å². The second-order valence-corrected chi connectivity index (χ2v) is 6.26. The number of thioether (sulfide) groups is 1. The van der Waals surface area contributed by atoms with Gasteiger partial charge in [0.25, 0.3) is 0 Å². The molecule has 2 aromatic rings. The first kappa shape index (κ1) is 15.7. The molecular formula is C16H17ClN2OS. The number of aryl methyl sites for hydroxylation is 1. The summed E-state index contributed by atoms with van der Waals surface area (Å²) in [6.45, 7) is 2.02.